The summed E-state index contributed by atoms with van der Waals surface area (Å²) in [5, 5.41) is 13.8. The molecule has 1 aromatic rings. The van der Waals surface area contributed by atoms with Crippen molar-refractivity contribution in [3.8, 4) is 0 Å². The molecule has 0 saturated carbocycles. The molecular weight excluding hydrogens is 317 g/mol. The van der Waals surface area contributed by atoms with Crippen molar-refractivity contribution in [2.75, 3.05) is 6.54 Å². The van der Waals surface area contributed by atoms with E-state index in [-0.39, 0.29) is 28.7 Å². The third-order valence-electron chi connectivity index (χ3n) is 3.48. The number of carbonyl (C=O) groups is 1. The Labute approximate surface area is 134 Å². The molecule has 0 spiro atoms. The second-order valence-electron chi connectivity index (χ2n) is 4.60. The number of hydrogen-bond acceptors (Lipinski definition) is 4. The molecule has 8 heteroatoms. The van der Waals surface area contributed by atoms with Crippen molar-refractivity contribution in [1.82, 2.24) is 5.32 Å². The lowest BCUT2D eigenvalue weighted by Crippen LogP contribution is -2.52. The van der Waals surface area contributed by atoms with Crippen LogP contribution in [-0.4, -0.2) is 22.9 Å². The molecule has 0 bridgehead atoms. The van der Waals surface area contributed by atoms with Crippen LogP contribution in [0.5, 0.6) is 0 Å². The first-order chi connectivity index (χ1) is 9.37. The van der Waals surface area contributed by atoms with Gasteiger partial charge in [-0.15, -0.1) is 12.4 Å². The van der Waals surface area contributed by atoms with Gasteiger partial charge < -0.3 is 11.1 Å². The van der Waals surface area contributed by atoms with Crippen LogP contribution < -0.4 is 11.1 Å². The largest absolute Gasteiger partial charge is 0.345 e. The Kier molecular flexibility index (Phi) is 7.63. The fraction of sp³-hybridized carbons (Fsp3) is 0.462. The summed E-state index contributed by atoms with van der Waals surface area (Å²) >= 11 is 5.80. The van der Waals surface area contributed by atoms with Gasteiger partial charge in [0, 0.05) is 29.3 Å². The fourth-order valence-corrected chi connectivity index (χ4v) is 2.12. The SMILES string of the molecule is CCC(CC)(CN)NC(=O)c1cc(Cl)cc([N+](=O)[O-])c1.Cl. The minimum Gasteiger partial charge on any atom is -0.345 e. The maximum Gasteiger partial charge on any atom is 0.271 e. The number of non-ortho nitro benzene ring substituents is 1. The lowest BCUT2D eigenvalue weighted by atomic mass is 9.92. The van der Waals surface area contributed by atoms with Crippen molar-refractivity contribution in [1.29, 1.82) is 0 Å². The second kappa shape index (κ2) is 8.17. The summed E-state index contributed by atoms with van der Waals surface area (Å²) in [4.78, 5) is 22.4. The number of hydrogen-bond donors (Lipinski definition) is 2. The van der Waals surface area contributed by atoms with Crippen molar-refractivity contribution in [3.05, 3.63) is 38.9 Å². The second-order valence-corrected chi connectivity index (χ2v) is 5.04. The van der Waals surface area contributed by atoms with Crippen LogP contribution in [0.4, 0.5) is 5.69 Å². The van der Waals surface area contributed by atoms with Crippen LogP contribution in [0.1, 0.15) is 37.0 Å². The standard InChI is InChI=1S/C13H18ClN3O3.ClH/c1-3-13(4-2,8-15)16-12(18)9-5-10(14)7-11(6-9)17(19)20;/h5-7H,3-4,8,15H2,1-2H3,(H,16,18);1H. The van der Waals surface area contributed by atoms with E-state index in [1.807, 2.05) is 13.8 Å². The van der Waals surface area contributed by atoms with E-state index in [1.54, 1.807) is 0 Å². The Morgan fingerprint density at radius 2 is 1.95 bits per heavy atom. The molecule has 1 aromatic carbocycles. The van der Waals surface area contributed by atoms with Gasteiger partial charge in [0.15, 0.2) is 0 Å². The summed E-state index contributed by atoms with van der Waals surface area (Å²) in [7, 11) is 0. The van der Waals surface area contributed by atoms with Gasteiger partial charge in [-0.25, -0.2) is 0 Å². The number of amides is 1. The molecule has 1 amide bonds. The van der Waals surface area contributed by atoms with E-state index in [2.05, 4.69) is 5.32 Å². The monoisotopic (exact) mass is 335 g/mol. The Hall–Kier alpha value is -1.37. The summed E-state index contributed by atoms with van der Waals surface area (Å²) in [5.41, 5.74) is 5.15. The third-order valence-corrected chi connectivity index (χ3v) is 3.70. The van der Waals surface area contributed by atoms with Crippen LogP contribution in [0, 0.1) is 10.1 Å². The van der Waals surface area contributed by atoms with E-state index in [9.17, 15) is 14.9 Å². The zero-order valence-corrected chi connectivity index (χ0v) is 13.5. The molecule has 3 N–H and O–H groups in total. The van der Waals surface area contributed by atoms with Crippen molar-refractivity contribution < 1.29 is 9.72 Å². The summed E-state index contributed by atoms with van der Waals surface area (Å²) < 4.78 is 0. The van der Waals surface area contributed by atoms with Gasteiger partial charge in [0.25, 0.3) is 11.6 Å². The number of nitrogens with one attached hydrogen (secondary N) is 1. The maximum atomic E-state index is 12.2. The highest BCUT2D eigenvalue weighted by molar-refractivity contribution is 6.31. The number of nitro groups is 1. The molecule has 0 aliphatic carbocycles. The molecule has 0 atom stereocenters. The highest BCUT2D eigenvalue weighted by Gasteiger charge is 2.27. The molecule has 1 rings (SSSR count). The molecule has 0 heterocycles. The summed E-state index contributed by atoms with van der Waals surface area (Å²) in [6.07, 6.45) is 1.35. The van der Waals surface area contributed by atoms with E-state index in [4.69, 9.17) is 17.3 Å². The smallest absolute Gasteiger partial charge is 0.271 e. The van der Waals surface area contributed by atoms with Gasteiger partial charge in [-0.05, 0) is 18.9 Å². The molecule has 21 heavy (non-hydrogen) atoms. The Morgan fingerprint density at radius 1 is 1.38 bits per heavy atom. The van der Waals surface area contributed by atoms with Crippen LogP contribution in [0.2, 0.25) is 5.02 Å². The minimum atomic E-state index is -0.585. The summed E-state index contributed by atoms with van der Waals surface area (Å²) in [5.74, 6) is -0.412. The number of halogens is 2. The lowest BCUT2D eigenvalue weighted by Gasteiger charge is -2.31. The number of nitrogens with zero attached hydrogens (tertiary/aromatic N) is 1. The third kappa shape index (κ3) is 4.84. The van der Waals surface area contributed by atoms with Crippen LogP contribution >= 0.6 is 24.0 Å². The van der Waals surface area contributed by atoms with E-state index in [1.165, 1.54) is 18.2 Å². The van der Waals surface area contributed by atoms with Gasteiger partial charge in [0.2, 0.25) is 0 Å². The zero-order chi connectivity index (χ0) is 15.3. The average Bonchev–Trinajstić information content (AvgIpc) is 2.44. The van der Waals surface area contributed by atoms with Crippen LogP contribution in [0.3, 0.4) is 0 Å². The highest BCUT2D eigenvalue weighted by atomic mass is 35.5. The molecule has 6 nitrogen and oxygen atoms in total. The minimum absolute atomic E-state index is 0. The lowest BCUT2D eigenvalue weighted by molar-refractivity contribution is -0.384. The maximum absolute atomic E-state index is 12.2. The number of benzene rings is 1. The predicted octanol–water partition coefficient (Wildman–Crippen LogP) is 2.92. The Balaban J connectivity index is 0.00000400. The molecule has 0 fully saturated rings. The predicted molar refractivity (Wildman–Crippen MR) is 85.2 cm³/mol. The first kappa shape index (κ1) is 19.6. The van der Waals surface area contributed by atoms with Gasteiger partial charge in [-0.1, -0.05) is 25.4 Å². The molecular formula is C13H19Cl2N3O3. The van der Waals surface area contributed by atoms with E-state index < -0.39 is 16.4 Å². The quantitative estimate of drug-likeness (QED) is 0.616. The molecule has 0 aliphatic rings. The van der Waals surface area contributed by atoms with Crippen LogP contribution in [0.25, 0.3) is 0 Å². The topological polar surface area (TPSA) is 98.3 Å². The fourth-order valence-electron chi connectivity index (χ4n) is 1.89. The number of nitro benzene ring substituents is 1. The van der Waals surface area contributed by atoms with Crippen molar-refractivity contribution in [2.24, 2.45) is 5.73 Å². The first-order valence-corrected chi connectivity index (χ1v) is 6.72. The average molecular weight is 336 g/mol. The normalized spacial score (nSPS) is 10.7. The summed E-state index contributed by atoms with van der Waals surface area (Å²) in [6.45, 7) is 4.16. The number of nitrogens with two attached hydrogens (primary N) is 1. The van der Waals surface area contributed by atoms with Crippen molar-refractivity contribution in [2.45, 2.75) is 32.2 Å². The molecule has 118 valence electrons. The molecule has 0 saturated heterocycles. The van der Waals surface area contributed by atoms with Crippen molar-refractivity contribution in [3.63, 3.8) is 0 Å². The summed E-state index contributed by atoms with van der Waals surface area (Å²) in [6, 6.07) is 3.80. The van der Waals surface area contributed by atoms with E-state index >= 15 is 0 Å². The Morgan fingerprint density at radius 3 is 2.38 bits per heavy atom. The van der Waals surface area contributed by atoms with Gasteiger partial charge in [-0.2, -0.15) is 0 Å². The van der Waals surface area contributed by atoms with Crippen LogP contribution in [0.15, 0.2) is 18.2 Å². The molecule has 0 aliphatic heterocycles. The van der Waals surface area contributed by atoms with E-state index in [0.29, 0.717) is 19.4 Å². The van der Waals surface area contributed by atoms with Gasteiger partial charge in [-0.3, -0.25) is 14.9 Å². The Bertz CT molecular complexity index is 511. The van der Waals surface area contributed by atoms with Gasteiger partial charge >= 0.3 is 0 Å². The van der Waals surface area contributed by atoms with Gasteiger partial charge in [0.05, 0.1) is 10.5 Å². The van der Waals surface area contributed by atoms with Crippen LogP contribution in [-0.2, 0) is 0 Å². The number of carbonyl (C=O) groups excluding carboxylic acids is 1. The number of rotatable bonds is 6. The van der Waals surface area contributed by atoms with Gasteiger partial charge in [0.1, 0.15) is 0 Å². The highest BCUT2D eigenvalue weighted by Crippen LogP contribution is 2.22. The molecule has 0 radical (unpaired) electrons. The molecule has 0 aromatic heterocycles. The van der Waals surface area contributed by atoms with Crippen molar-refractivity contribution >= 4 is 35.6 Å². The van der Waals surface area contributed by atoms with E-state index in [0.717, 1.165) is 0 Å². The zero-order valence-electron chi connectivity index (χ0n) is 11.9. The molecule has 0 unspecified atom stereocenters. The first-order valence-electron chi connectivity index (χ1n) is 6.35.